The number of hydrogen-bond acceptors (Lipinski definition) is 3. The van der Waals surface area contributed by atoms with Crippen molar-refractivity contribution in [3.8, 4) is 0 Å². The summed E-state index contributed by atoms with van der Waals surface area (Å²) < 4.78 is 20.4. The number of hydroxylamine groups is 1. The fraction of sp³-hybridized carbons (Fsp3) is 0.263. The number of benzene rings is 2. The molecule has 0 fully saturated rings. The standard InChI is InChI=1S/C19H20FNO3/c1-15(24-18(22)17-11-7-4-8-12-17)19(2,20)14-21(23)13-16-9-5-3-6-10-16/h3-12,14-15H,13H2,1-2H3/b21-14-/t15-,19-/m1/s1. The van der Waals surface area contributed by atoms with E-state index in [1.54, 1.807) is 42.5 Å². The first-order valence-electron chi connectivity index (χ1n) is 7.67. The molecule has 0 aliphatic carbocycles. The smallest absolute Gasteiger partial charge is 0.338 e. The Bertz CT molecular complexity index is 699. The topological polar surface area (TPSA) is 52.4 Å². The van der Waals surface area contributed by atoms with Crippen molar-refractivity contribution in [2.24, 2.45) is 0 Å². The summed E-state index contributed by atoms with van der Waals surface area (Å²) in [5, 5.41) is 12.0. The number of ether oxygens (including phenoxy) is 1. The van der Waals surface area contributed by atoms with Crippen LogP contribution < -0.4 is 0 Å². The van der Waals surface area contributed by atoms with Gasteiger partial charge in [-0.3, -0.25) is 0 Å². The van der Waals surface area contributed by atoms with Crippen LogP contribution in [0.1, 0.15) is 29.8 Å². The van der Waals surface area contributed by atoms with E-state index in [9.17, 15) is 14.4 Å². The number of nitrogens with zero attached hydrogens (tertiary/aromatic N) is 1. The molecule has 0 unspecified atom stereocenters. The number of halogens is 1. The lowest BCUT2D eigenvalue weighted by Gasteiger charge is -2.23. The lowest BCUT2D eigenvalue weighted by molar-refractivity contribution is -0.474. The van der Waals surface area contributed by atoms with E-state index in [1.807, 2.05) is 18.2 Å². The quantitative estimate of drug-likeness (QED) is 0.267. The number of carbonyl (C=O) groups excluding carboxylic acids is 1. The Morgan fingerprint density at radius 2 is 1.75 bits per heavy atom. The molecule has 0 aromatic heterocycles. The van der Waals surface area contributed by atoms with Gasteiger partial charge in [0.05, 0.1) is 5.56 Å². The van der Waals surface area contributed by atoms with Crippen LogP contribution in [0.3, 0.4) is 0 Å². The van der Waals surface area contributed by atoms with Gasteiger partial charge in [-0.1, -0.05) is 48.5 Å². The Kier molecular flexibility index (Phi) is 5.68. The fourth-order valence-corrected chi connectivity index (χ4v) is 2.11. The van der Waals surface area contributed by atoms with Crippen LogP contribution in [0.25, 0.3) is 0 Å². The first-order valence-corrected chi connectivity index (χ1v) is 7.67. The summed E-state index contributed by atoms with van der Waals surface area (Å²) in [6, 6.07) is 17.4. The molecule has 0 aliphatic heterocycles. The number of alkyl halides is 1. The molecule has 0 N–H and O–H groups in total. The van der Waals surface area contributed by atoms with E-state index in [0.717, 1.165) is 11.8 Å². The summed E-state index contributed by atoms with van der Waals surface area (Å²) >= 11 is 0. The predicted molar refractivity (Wildman–Crippen MR) is 90.7 cm³/mol. The summed E-state index contributed by atoms with van der Waals surface area (Å²) in [7, 11) is 0. The van der Waals surface area contributed by atoms with Gasteiger partial charge in [-0.25, -0.2) is 13.9 Å². The van der Waals surface area contributed by atoms with Crippen molar-refractivity contribution in [2.75, 3.05) is 0 Å². The molecule has 2 rings (SSSR count). The van der Waals surface area contributed by atoms with Crippen molar-refractivity contribution in [1.82, 2.24) is 0 Å². The van der Waals surface area contributed by atoms with Crippen molar-refractivity contribution in [3.05, 3.63) is 77.0 Å². The lowest BCUT2D eigenvalue weighted by Crippen LogP contribution is -2.40. The summed E-state index contributed by atoms with van der Waals surface area (Å²) in [5.74, 6) is -0.624. The average Bonchev–Trinajstić information content (AvgIpc) is 2.55. The molecule has 2 aromatic carbocycles. The molecule has 0 radical (unpaired) electrons. The maximum atomic E-state index is 14.7. The van der Waals surface area contributed by atoms with Crippen LogP contribution in [0.5, 0.6) is 0 Å². The predicted octanol–water partition coefficient (Wildman–Crippen LogP) is 3.74. The first kappa shape index (κ1) is 17.7. The number of rotatable bonds is 6. The van der Waals surface area contributed by atoms with Gasteiger partial charge in [0.15, 0.2) is 12.8 Å². The van der Waals surface area contributed by atoms with Crippen molar-refractivity contribution >= 4 is 12.2 Å². The van der Waals surface area contributed by atoms with E-state index >= 15 is 0 Å². The Labute approximate surface area is 140 Å². The first-order chi connectivity index (χ1) is 11.4. The van der Waals surface area contributed by atoms with Gasteiger partial charge in [0.25, 0.3) is 0 Å². The van der Waals surface area contributed by atoms with Gasteiger partial charge in [-0.05, 0) is 26.0 Å². The highest BCUT2D eigenvalue weighted by Crippen LogP contribution is 2.18. The van der Waals surface area contributed by atoms with E-state index in [4.69, 9.17) is 4.74 Å². The van der Waals surface area contributed by atoms with Gasteiger partial charge in [0.2, 0.25) is 5.67 Å². The molecule has 0 saturated heterocycles. The fourth-order valence-electron chi connectivity index (χ4n) is 2.11. The summed E-state index contributed by atoms with van der Waals surface area (Å²) in [6.07, 6.45) is -0.194. The zero-order valence-electron chi connectivity index (χ0n) is 13.7. The Balaban J connectivity index is 2.02. The molecule has 0 amide bonds. The molecule has 2 aromatic rings. The summed E-state index contributed by atoms with van der Waals surface area (Å²) in [5.41, 5.74) is -0.974. The number of esters is 1. The molecule has 126 valence electrons. The van der Waals surface area contributed by atoms with Crippen LogP contribution in [-0.2, 0) is 11.3 Å². The van der Waals surface area contributed by atoms with Gasteiger partial charge in [0, 0.05) is 5.56 Å². The van der Waals surface area contributed by atoms with Gasteiger partial charge in [-0.15, -0.1) is 0 Å². The molecule has 0 heterocycles. The Hall–Kier alpha value is -2.69. The second-order valence-corrected chi connectivity index (χ2v) is 5.75. The normalized spacial score (nSPS) is 15.4. The zero-order valence-corrected chi connectivity index (χ0v) is 13.7. The van der Waals surface area contributed by atoms with Crippen LogP contribution in [-0.4, -0.2) is 28.7 Å². The molecule has 0 bridgehead atoms. The van der Waals surface area contributed by atoms with Gasteiger partial charge in [0.1, 0.15) is 6.10 Å². The average molecular weight is 329 g/mol. The van der Waals surface area contributed by atoms with E-state index < -0.39 is 17.7 Å². The molecule has 5 heteroatoms. The number of carbonyl (C=O) groups is 1. The minimum Gasteiger partial charge on any atom is -0.624 e. The van der Waals surface area contributed by atoms with Crippen molar-refractivity contribution in [1.29, 1.82) is 0 Å². The van der Waals surface area contributed by atoms with Crippen molar-refractivity contribution in [3.63, 3.8) is 0 Å². The lowest BCUT2D eigenvalue weighted by atomic mass is 10.0. The third kappa shape index (κ3) is 4.91. The molecular weight excluding hydrogens is 309 g/mol. The highest BCUT2D eigenvalue weighted by Gasteiger charge is 2.36. The van der Waals surface area contributed by atoms with E-state index in [-0.39, 0.29) is 6.54 Å². The van der Waals surface area contributed by atoms with Crippen molar-refractivity contribution in [2.45, 2.75) is 32.2 Å². The highest BCUT2D eigenvalue weighted by molar-refractivity contribution is 5.89. The molecule has 4 nitrogen and oxygen atoms in total. The summed E-state index contributed by atoms with van der Waals surface area (Å²) in [6.45, 7) is 2.67. The molecule has 0 spiro atoms. The van der Waals surface area contributed by atoms with Gasteiger partial charge >= 0.3 is 5.97 Å². The monoisotopic (exact) mass is 329 g/mol. The Morgan fingerprint density at radius 3 is 2.33 bits per heavy atom. The largest absolute Gasteiger partial charge is 0.624 e. The third-order valence-electron chi connectivity index (χ3n) is 3.67. The van der Waals surface area contributed by atoms with Crippen LogP contribution in [0, 0.1) is 5.21 Å². The van der Waals surface area contributed by atoms with Gasteiger partial charge in [-0.2, -0.15) is 0 Å². The minimum atomic E-state index is -2.08. The van der Waals surface area contributed by atoms with E-state index in [1.165, 1.54) is 13.8 Å². The zero-order chi connectivity index (χ0) is 17.6. The third-order valence-corrected chi connectivity index (χ3v) is 3.67. The summed E-state index contributed by atoms with van der Waals surface area (Å²) in [4.78, 5) is 12.0. The van der Waals surface area contributed by atoms with Gasteiger partial charge < -0.3 is 9.94 Å². The molecule has 2 atom stereocenters. The van der Waals surface area contributed by atoms with Crippen molar-refractivity contribution < 1.29 is 18.7 Å². The Morgan fingerprint density at radius 1 is 1.21 bits per heavy atom. The molecule has 0 aliphatic rings. The van der Waals surface area contributed by atoms with Crippen LogP contribution in [0.4, 0.5) is 4.39 Å². The minimum absolute atomic E-state index is 0.0275. The second kappa shape index (κ2) is 7.73. The van der Waals surface area contributed by atoms with Crippen LogP contribution >= 0.6 is 0 Å². The van der Waals surface area contributed by atoms with Crippen LogP contribution in [0.2, 0.25) is 0 Å². The van der Waals surface area contributed by atoms with E-state index in [0.29, 0.717) is 10.3 Å². The molecule has 24 heavy (non-hydrogen) atoms. The molecule has 0 saturated carbocycles. The maximum Gasteiger partial charge on any atom is 0.338 e. The highest BCUT2D eigenvalue weighted by atomic mass is 19.1. The van der Waals surface area contributed by atoms with E-state index in [2.05, 4.69) is 0 Å². The maximum absolute atomic E-state index is 14.7. The second-order valence-electron chi connectivity index (χ2n) is 5.75. The van der Waals surface area contributed by atoms with Crippen LogP contribution in [0.15, 0.2) is 60.7 Å². The molecular formula is C19H20FNO3. The number of hydrogen-bond donors (Lipinski definition) is 0. The SMILES string of the molecule is C[C@@H](OC(=O)c1ccccc1)[C@](C)(F)/C=[N+](\[O-])Cc1ccccc1.